The Morgan fingerprint density at radius 2 is 2.32 bits per heavy atom. The Labute approximate surface area is 131 Å². The third-order valence-electron chi connectivity index (χ3n) is 4.07. The summed E-state index contributed by atoms with van der Waals surface area (Å²) in [5.74, 6) is 1.53. The highest BCUT2D eigenvalue weighted by molar-refractivity contribution is 5.81. The fourth-order valence-electron chi connectivity index (χ4n) is 2.46. The third-order valence-corrected chi connectivity index (χ3v) is 4.07. The number of hydrogen-bond acceptors (Lipinski definition) is 4. The van der Waals surface area contributed by atoms with Crippen molar-refractivity contribution in [3.05, 3.63) is 29.3 Å². The lowest BCUT2D eigenvalue weighted by Crippen LogP contribution is -2.47. The fourth-order valence-corrected chi connectivity index (χ4v) is 2.46. The molecule has 0 aromatic heterocycles. The molecule has 2 fully saturated rings. The van der Waals surface area contributed by atoms with E-state index in [2.05, 4.69) is 10.6 Å². The number of rotatable bonds is 6. The van der Waals surface area contributed by atoms with Gasteiger partial charge >= 0.3 is 0 Å². The first-order valence-electron chi connectivity index (χ1n) is 8.05. The maximum Gasteiger partial charge on any atom is 0.250 e. The third kappa shape index (κ3) is 4.21. The summed E-state index contributed by atoms with van der Waals surface area (Å²) < 4.78 is 11.4. The summed E-state index contributed by atoms with van der Waals surface area (Å²) in [7, 11) is 0. The Kier molecular flexibility index (Phi) is 4.95. The number of morpholine rings is 1. The first-order valence-corrected chi connectivity index (χ1v) is 8.05. The molecule has 0 bridgehead atoms. The van der Waals surface area contributed by atoms with E-state index >= 15 is 0 Å². The second-order valence-electron chi connectivity index (χ2n) is 6.15. The SMILES string of the molecule is Cc1ccc(CNC(=O)C2CNCCO2)c(OCC2CC2)c1. The Hall–Kier alpha value is -1.59. The number of carbonyl (C=O) groups excluding carboxylic acids is 1. The number of ether oxygens (including phenoxy) is 2. The molecule has 120 valence electrons. The Bertz CT molecular complexity index is 523. The zero-order valence-electron chi connectivity index (χ0n) is 13.1. The van der Waals surface area contributed by atoms with E-state index in [9.17, 15) is 4.79 Å². The van der Waals surface area contributed by atoms with Crippen molar-refractivity contribution < 1.29 is 14.3 Å². The Balaban J connectivity index is 1.57. The van der Waals surface area contributed by atoms with Gasteiger partial charge in [-0.05, 0) is 37.3 Å². The van der Waals surface area contributed by atoms with E-state index in [0.29, 0.717) is 25.6 Å². The number of hydrogen-bond donors (Lipinski definition) is 2. The van der Waals surface area contributed by atoms with Gasteiger partial charge in [-0.1, -0.05) is 12.1 Å². The maximum atomic E-state index is 12.1. The van der Waals surface area contributed by atoms with Crippen molar-refractivity contribution >= 4 is 5.91 Å². The van der Waals surface area contributed by atoms with Crippen molar-refractivity contribution in [2.75, 3.05) is 26.3 Å². The number of benzene rings is 1. The molecular weight excluding hydrogens is 280 g/mol. The van der Waals surface area contributed by atoms with Crippen LogP contribution in [0.1, 0.15) is 24.0 Å². The predicted octanol–water partition coefficient (Wildman–Crippen LogP) is 1.39. The van der Waals surface area contributed by atoms with Crippen LogP contribution in [0.2, 0.25) is 0 Å². The summed E-state index contributed by atoms with van der Waals surface area (Å²) >= 11 is 0. The van der Waals surface area contributed by atoms with E-state index in [1.54, 1.807) is 0 Å². The molecule has 1 aliphatic heterocycles. The molecule has 0 radical (unpaired) electrons. The van der Waals surface area contributed by atoms with E-state index in [1.165, 1.54) is 18.4 Å². The van der Waals surface area contributed by atoms with Crippen LogP contribution in [0.5, 0.6) is 5.75 Å². The summed E-state index contributed by atoms with van der Waals surface area (Å²) in [4.78, 5) is 12.1. The van der Waals surface area contributed by atoms with Crippen LogP contribution in [-0.2, 0) is 16.1 Å². The van der Waals surface area contributed by atoms with Crippen molar-refractivity contribution in [2.24, 2.45) is 5.92 Å². The second-order valence-corrected chi connectivity index (χ2v) is 6.15. The normalized spacial score (nSPS) is 21.4. The molecule has 1 unspecified atom stereocenters. The van der Waals surface area contributed by atoms with E-state index in [4.69, 9.17) is 9.47 Å². The molecular formula is C17H24N2O3. The molecule has 2 N–H and O–H groups in total. The van der Waals surface area contributed by atoms with Gasteiger partial charge in [-0.25, -0.2) is 0 Å². The fraction of sp³-hybridized carbons (Fsp3) is 0.588. The summed E-state index contributed by atoms with van der Waals surface area (Å²) in [5.41, 5.74) is 2.18. The monoisotopic (exact) mass is 304 g/mol. The van der Waals surface area contributed by atoms with Crippen molar-refractivity contribution in [1.29, 1.82) is 0 Å². The van der Waals surface area contributed by atoms with Gasteiger partial charge in [-0.2, -0.15) is 0 Å². The predicted molar refractivity (Wildman–Crippen MR) is 83.9 cm³/mol. The molecule has 1 heterocycles. The first kappa shape index (κ1) is 15.3. The number of amides is 1. The van der Waals surface area contributed by atoms with E-state index in [1.807, 2.05) is 25.1 Å². The molecule has 0 spiro atoms. The van der Waals surface area contributed by atoms with Crippen molar-refractivity contribution in [3.8, 4) is 5.75 Å². The zero-order chi connectivity index (χ0) is 15.4. The number of aryl methyl sites for hydroxylation is 1. The highest BCUT2D eigenvalue weighted by atomic mass is 16.5. The van der Waals surface area contributed by atoms with Crippen molar-refractivity contribution in [1.82, 2.24) is 10.6 Å². The molecule has 1 aliphatic carbocycles. The maximum absolute atomic E-state index is 12.1. The van der Waals surface area contributed by atoms with Crippen LogP contribution < -0.4 is 15.4 Å². The van der Waals surface area contributed by atoms with Gasteiger partial charge in [0.15, 0.2) is 0 Å². The lowest BCUT2D eigenvalue weighted by atomic mass is 10.1. The largest absolute Gasteiger partial charge is 0.493 e. The van der Waals surface area contributed by atoms with E-state index < -0.39 is 6.10 Å². The first-order chi connectivity index (χ1) is 10.7. The van der Waals surface area contributed by atoms with Gasteiger partial charge in [0, 0.05) is 25.2 Å². The molecule has 22 heavy (non-hydrogen) atoms. The van der Waals surface area contributed by atoms with Crippen LogP contribution in [0.4, 0.5) is 0 Å². The van der Waals surface area contributed by atoms with Crippen molar-refractivity contribution in [3.63, 3.8) is 0 Å². The molecule has 5 nitrogen and oxygen atoms in total. The molecule has 1 aromatic carbocycles. The Morgan fingerprint density at radius 1 is 1.45 bits per heavy atom. The highest BCUT2D eigenvalue weighted by Gasteiger charge is 2.23. The summed E-state index contributed by atoms with van der Waals surface area (Å²) in [6, 6.07) is 6.12. The van der Waals surface area contributed by atoms with Gasteiger partial charge in [0.2, 0.25) is 0 Å². The minimum Gasteiger partial charge on any atom is -0.493 e. The lowest BCUT2D eigenvalue weighted by Gasteiger charge is -2.23. The average Bonchev–Trinajstić information content (AvgIpc) is 3.37. The van der Waals surface area contributed by atoms with Crippen LogP contribution >= 0.6 is 0 Å². The zero-order valence-corrected chi connectivity index (χ0v) is 13.1. The molecule has 5 heteroatoms. The minimum absolute atomic E-state index is 0.0686. The highest BCUT2D eigenvalue weighted by Crippen LogP contribution is 2.30. The molecule has 1 saturated carbocycles. The molecule has 2 aliphatic rings. The van der Waals surface area contributed by atoms with Crippen LogP contribution in [0, 0.1) is 12.8 Å². The van der Waals surface area contributed by atoms with Gasteiger partial charge in [0.25, 0.3) is 5.91 Å². The summed E-state index contributed by atoms with van der Waals surface area (Å²) in [5, 5.41) is 6.11. The van der Waals surface area contributed by atoms with Crippen LogP contribution in [0.15, 0.2) is 18.2 Å². The van der Waals surface area contributed by atoms with Gasteiger partial charge in [-0.3, -0.25) is 4.79 Å². The summed E-state index contributed by atoms with van der Waals surface area (Å²) in [6.07, 6.45) is 2.14. The molecule has 3 rings (SSSR count). The molecule has 1 atom stereocenters. The average molecular weight is 304 g/mol. The van der Waals surface area contributed by atoms with Gasteiger partial charge in [0.05, 0.1) is 13.2 Å². The van der Waals surface area contributed by atoms with Crippen molar-refractivity contribution in [2.45, 2.75) is 32.4 Å². The van der Waals surface area contributed by atoms with Crippen LogP contribution in [0.25, 0.3) is 0 Å². The van der Waals surface area contributed by atoms with Crippen LogP contribution in [0.3, 0.4) is 0 Å². The molecule has 1 amide bonds. The van der Waals surface area contributed by atoms with E-state index in [0.717, 1.165) is 24.5 Å². The summed E-state index contributed by atoms with van der Waals surface area (Å²) in [6.45, 7) is 5.26. The standard InChI is InChI=1S/C17H24N2O3/c1-12-2-5-14(15(8-12)22-11-13-3-4-13)9-19-17(20)16-10-18-6-7-21-16/h2,5,8,13,16,18H,3-4,6-7,9-11H2,1H3,(H,19,20). The minimum atomic E-state index is -0.393. The topological polar surface area (TPSA) is 59.6 Å². The van der Waals surface area contributed by atoms with Gasteiger partial charge in [0.1, 0.15) is 11.9 Å². The molecule has 1 aromatic rings. The van der Waals surface area contributed by atoms with E-state index in [-0.39, 0.29) is 5.91 Å². The molecule has 1 saturated heterocycles. The quantitative estimate of drug-likeness (QED) is 0.834. The lowest BCUT2D eigenvalue weighted by molar-refractivity contribution is -0.134. The smallest absolute Gasteiger partial charge is 0.250 e. The number of carbonyl (C=O) groups is 1. The van der Waals surface area contributed by atoms with Crippen LogP contribution in [-0.4, -0.2) is 38.3 Å². The number of nitrogens with one attached hydrogen (secondary N) is 2. The van der Waals surface area contributed by atoms with Gasteiger partial charge in [-0.15, -0.1) is 0 Å². The Morgan fingerprint density at radius 3 is 3.05 bits per heavy atom. The second kappa shape index (κ2) is 7.11. The van der Waals surface area contributed by atoms with Gasteiger partial charge < -0.3 is 20.1 Å².